The van der Waals surface area contributed by atoms with Crippen molar-refractivity contribution in [3.8, 4) is 0 Å². The zero-order valence-electron chi connectivity index (χ0n) is 13.4. The number of carbonyl (C=O) groups excluding carboxylic acids is 2. The molecule has 0 aliphatic carbocycles. The second-order valence-electron chi connectivity index (χ2n) is 6.36. The van der Waals surface area contributed by atoms with Gasteiger partial charge in [-0.3, -0.25) is 9.59 Å². The molecular weight excluding hydrogens is 266 g/mol. The molecule has 4 nitrogen and oxygen atoms in total. The van der Waals surface area contributed by atoms with Gasteiger partial charge in [0.15, 0.2) is 0 Å². The van der Waals surface area contributed by atoms with E-state index in [0.29, 0.717) is 6.61 Å². The lowest BCUT2D eigenvalue weighted by molar-refractivity contribution is -0.148. The molecule has 0 N–H and O–H groups in total. The van der Waals surface area contributed by atoms with Gasteiger partial charge in [0.1, 0.15) is 12.2 Å². The average Bonchev–Trinajstić information content (AvgIpc) is 2.36. The van der Waals surface area contributed by atoms with E-state index in [1.807, 2.05) is 25.2 Å². The molecule has 4 heteroatoms. The van der Waals surface area contributed by atoms with Gasteiger partial charge in [0.2, 0.25) is 0 Å². The summed E-state index contributed by atoms with van der Waals surface area (Å²) in [6, 6.07) is 10.2. The van der Waals surface area contributed by atoms with Crippen LogP contribution in [0.15, 0.2) is 30.3 Å². The topological polar surface area (TPSA) is 46.6 Å². The number of rotatable bonds is 8. The molecule has 116 valence electrons. The molecule has 0 radical (unpaired) electrons. The molecule has 0 spiro atoms. The van der Waals surface area contributed by atoms with Crippen LogP contribution in [0.4, 0.5) is 0 Å². The van der Waals surface area contributed by atoms with Gasteiger partial charge in [0.25, 0.3) is 0 Å². The third-order valence-corrected chi connectivity index (χ3v) is 3.01. The lowest BCUT2D eigenvalue weighted by Crippen LogP contribution is -2.35. The smallest absolute Gasteiger partial charge is 0.313 e. The Hall–Kier alpha value is -1.68. The molecule has 0 saturated carbocycles. The van der Waals surface area contributed by atoms with Crippen LogP contribution < -0.4 is 0 Å². The van der Waals surface area contributed by atoms with E-state index < -0.39 is 5.97 Å². The fourth-order valence-electron chi connectivity index (χ4n) is 2.26. The standard InChI is InChI=1S/C17H25NO3/c1-14(19)10-16(20)21-13-17(2,3)12-18(4)11-15-8-6-5-7-9-15/h5-9H,10-13H2,1-4H3. The second-order valence-corrected chi connectivity index (χ2v) is 6.36. The fraction of sp³-hybridized carbons (Fsp3) is 0.529. The van der Waals surface area contributed by atoms with Crippen LogP contribution in [-0.2, 0) is 20.9 Å². The number of carbonyl (C=O) groups is 2. The summed E-state index contributed by atoms with van der Waals surface area (Å²) in [6.07, 6.45) is -0.143. The van der Waals surface area contributed by atoms with E-state index in [9.17, 15) is 9.59 Å². The Kier molecular flexibility index (Phi) is 6.56. The summed E-state index contributed by atoms with van der Waals surface area (Å²) in [4.78, 5) is 24.5. The minimum Gasteiger partial charge on any atom is -0.465 e. The number of ether oxygens (including phenoxy) is 1. The molecule has 1 rings (SSSR count). The van der Waals surface area contributed by atoms with Crippen molar-refractivity contribution in [2.45, 2.75) is 33.7 Å². The molecule has 21 heavy (non-hydrogen) atoms. The summed E-state index contributed by atoms with van der Waals surface area (Å²) in [5, 5.41) is 0. The number of Topliss-reactive ketones (excluding diaryl/α,β-unsaturated/α-hetero) is 1. The van der Waals surface area contributed by atoms with Gasteiger partial charge in [-0.2, -0.15) is 0 Å². The Morgan fingerprint density at radius 1 is 1.19 bits per heavy atom. The Morgan fingerprint density at radius 2 is 1.81 bits per heavy atom. The summed E-state index contributed by atoms with van der Waals surface area (Å²) in [7, 11) is 2.05. The minimum atomic E-state index is -0.443. The number of ketones is 1. The molecule has 0 bridgehead atoms. The maximum absolute atomic E-state index is 11.4. The van der Waals surface area contributed by atoms with E-state index in [-0.39, 0.29) is 17.6 Å². The number of nitrogens with zero attached hydrogens (tertiary/aromatic N) is 1. The first-order valence-corrected chi connectivity index (χ1v) is 7.16. The maximum Gasteiger partial charge on any atom is 0.313 e. The Bertz CT molecular complexity index is 468. The van der Waals surface area contributed by atoms with E-state index in [4.69, 9.17) is 4.74 Å². The molecule has 0 aliphatic rings. The first-order valence-electron chi connectivity index (χ1n) is 7.16. The Morgan fingerprint density at radius 3 is 2.38 bits per heavy atom. The van der Waals surface area contributed by atoms with Gasteiger partial charge in [0.05, 0.1) is 6.61 Å². The summed E-state index contributed by atoms with van der Waals surface area (Å²) < 4.78 is 5.18. The molecule has 0 amide bonds. The van der Waals surface area contributed by atoms with Gasteiger partial charge < -0.3 is 9.64 Å². The Balaban J connectivity index is 2.40. The van der Waals surface area contributed by atoms with Gasteiger partial charge >= 0.3 is 5.97 Å². The Labute approximate surface area is 127 Å². The summed E-state index contributed by atoms with van der Waals surface area (Å²) in [6.45, 7) is 7.46. The first kappa shape index (κ1) is 17.4. The zero-order valence-corrected chi connectivity index (χ0v) is 13.4. The third-order valence-electron chi connectivity index (χ3n) is 3.01. The molecular formula is C17H25NO3. The highest BCUT2D eigenvalue weighted by Crippen LogP contribution is 2.18. The van der Waals surface area contributed by atoms with Crippen LogP contribution in [0.25, 0.3) is 0 Å². The monoisotopic (exact) mass is 291 g/mol. The lowest BCUT2D eigenvalue weighted by Gasteiger charge is -2.29. The van der Waals surface area contributed by atoms with Gasteiger partial charge in [-0.15, -0.1) is 0 Å². The molecule has 1 aromatic rings. The van der Waals surface area contributed by atoms with Crippen molar-refractivity contribution < 1.29 is 14.3 Å². The molecule has 0 aromatic heterocycles. The summed E-state index contributed by atoms with van der Waals surface area (Å²) in [5.41, 5.74) is 1.10. The predicted octanol–water partition coefficient (Wildman–Crippen LogP) is 2.67. The third kappa shape index (κ3) is 7.61. The quantitative estimate of drug-likeness (QED) is 0.546. The van der Waals surface area contributed by atoms with Gasteiger partial charge in [0, 0.05) is 18.5 Å². The highest BCUT2D eigenvalue weighted by Gasteiger charge is 2.22. The van der Waals surface area contributed by atoms with Crippen molar-refractivity contribution >= 4 is 11.8 Å². The lowest BCUT2D eigenvalue weighted by atomic mass is 9.94. The zero-order chi connectivity index (χ0) is 15.9. The van der Waals surface area contributed by atoms with Crippen LogP contribution in [0.1, 0.15) is 32.8 Å². The van der Waals surface area contributed by atoms with E-state index in [2.05, 4.69) is 30.9 Å². The van der Waals surface area contributed by atoms with Crippen LogP contribution in [0.2, 0.25) is 0 Å². The van der Waals surface area contributed by atoms with E-state index in [1.54, 1.807) is 0 Å². The van der Waals surface area contributed by atoms with Gasteiger partial charge in [-0.25, -0.2) is 0 Å². The number of benzene rings is 1. The normalized spacial score (nSPS) is 11.5. The van der Waals surface area contributed by atoms with E-state index in [1.165, 1.54) is 12.5 Å². The highest BCUT2D eigenvalue weighted by molar-refractivity contribution is 5.94. The van der Waals surface area contributed by atoms with E-state index >= 15 is 0 Å². The minimum absolute atomic E-state index is 0.143. The highest BCUT2D eigenvalue weighted by atomic mass is 16.5. The van der Waals surface area contributed by atoms with Crippen LogP contribution >= 0.6 is 0 Å². The second kappa shape index (κ2) is 7.93. The van der Waals surface area contributed by atoms with Crippen molar-refractivity contribution in [3.63, 3.8) is 0 Å². The van der Waals surface area contributed by atoms with Crippen LogP contribution in [0.5, 0.6) is 0 Å². The molecule has 0 aliphatic heterocycles. The molecule has 0 heterocycles. The number of hydrogen-bond acceptors (Lipinski definition) is 4. The number of hydrogen-bond donors (Lipinski definition) is 0. The molecule has 0 unspecified atom stereocenters. The summed E-state index contributed by atoms with van der Waals surface area (Å²) >= 11 is 0. The van der Waals surface area contributed by atoms with Crippen molar-refractivity contribution in [1.29, 1.82) is 0 Å². The average molecular weight is 291 g/mol. The number of esters is 1. The van der Waals surface area contributed by atoms with Crippen molar-refractivity contribution in [2.24, 2.45) is 5.41 Å². The van der Waals surface area contributed by atoms with Gasteiger partial charge in [-0.05, 0) is 19.5 Å². The van der Waals surface area contributed by atoms with Crippen LogP contribution in [-0.4, -0.2) is 36.9 Å². The van der Waals surface area contributed by atoms with Crippen molar-refractivity contribution in [1.82, 2.24) is 4.90 Å². The fourth-order valence-corrected chi connectivity index (χ4v) is 2.26. The van der Waals surface area contributed by atoms with Crippen molar-refractivity contribution in [3.05, 3.63) is 35.9 Å². The SMILES string of the molecule is CC(=O)CC(=O)OCC(C)(C)CN(C)Cc1ccccc1. The van der Waals surface area contributed by atoms with Gasteiger partial charge in [-0.1, -0.05) is 44.2 Å². The van der Waals surface area contributed by atoms with Crippen LogP contribution in [0.3, 0.4) is 0 Å². The van der Waals surface area contributed by atoms with Crippen molar-refractivity contribution in [2.75, 3.05) is 20.2 Å². The first-order chi connectivity index (χ1) is 9.78. The summed E-state index contributed by atoms with van der Waals surface area (Å²) in [5.74, 6) is -0.611. The molecule has 0 atom stereocenters. The van der Waals surface area contributed by atoms with Crippen LogP contribution in [0, 0.1) is 5.41 Å². The predicted molar refractivity (Wildman–Crippen MR) is 82.8 cm³/mol. The molecule has 0 fully saturated rings. The maximum atomic E-state index is 11.4. The van der Waals surface area contributed by atoms with E-state index in [0.717, 1.165) is 13.1 Å². The molecule has 0 saturated heterocycles. The largest absolute Gasteiger partial charge is 0.465 e. The molecule has 1 aromatic carbocycles.